The van der Waals surface area contributed by atoms with E-state index in [1.165, 1.54) is 6.07 Å². The minimum Gasteiger partial charge on any atom is -0.507 e. The van der Waals surface area contributed by atoms with Gasteiger partial charge in [-0.05, 0) is 43.3 Å². The van der Waals surface area contributed by atoms with Gasteiger partial charge in [-0.25, -0.2) is 9.82 Å². The van der Waals surface area contributed by atoms with E-state index < -0.39 is 11.7 Å². The number of fused-ring (bicyclic) bond motifs is 1. The molecule has 1 heterocycles. The highest BCUT2D eigenvalue weighted by Crippen LogP contribution is 2.32. The monoisotopic (exact) mass is 316 g/mol. The van der Waals surface area contributed by atoms with Gasteiger partial charge in [0.05, 0.1) is 5.71 Å². The fourth-order valence-corrected chi connectivity index (χ4v) is 2.10. The van der Waals surface area contributed by atoms with E-state index in [1.54, 1.807) is 25.1 Å². The average molecular weight is 316 g/mol. The van der Waals surface area contributed by atoms with Crippen LogP contribution in [0.25, 0.3) is 0 Å². The topological polar surface area (TPSA) is 80.2 Å². The van der Waals surface area contributed by atoms with Gasteiger partial charge in [-0.2, -0.15) is 5.10 Å². The molecule has 7 heteroatoms. The van der Waals surface area contributed by atoms with E-state index in [0.29, 0.717) is 17.1 Å². The predicted molar refractivity (Wildman–Crippen MR) is 80.3 cm³/mol. The Kier molecular flexibility index (Phi) is 3.84. The number of phenols is 1. The van der Waals surface area contributed by atoms with Crippen LogP contribution < -0.4 is 14.9 Å². The molecular weight excluding hydrogens is 303 g/mol. The second-order valence-electron chi connectivity index (χ2n) is 4.87. The number of aromatic hydroxyl groups is 1. The summed E-state index contributed by atoms with van der Waals surface area (Å²) in [6, 6.07) is 8.25. The number of carbonyl (C=O) groups is 1. The molecule has 0 radical (unpaired) electrons. The van der Waals surface area contributed by atoms with Crippen molar-refractivity contribution in [1.29, 1.82) is 0 Å². The van der Waals surface area contributed by atoms with Gasteiger partial charge in [0.15, 0.2) is 11.5 Å². The first kappa shape index (κ1) is 14.8. The normalized spacial score (nSPS) is 13.0. The van der Waals surface area contributed by atoms with Gasteiger partial charge in [0.1, 0.15) is 11.6 Å². The molecule has 0 saturated carbocycles. The number of halogens is 1. The van der Waals surface area contributed by atoms with E-state index in [1.807, 2.05) is 0 Å². The van der Waals surface area contributed by atoms with Crippen LogP contribution in [0.2, 0.25) is 0 Å². The Bertz CT molecular complexity index is 805. The van der Waals surface area contributed by atoms with Crippen molar-refractivity contribution >= 4 is 11.6 Å². The molecule has 0 aliphatic carbocycles. The second kappa shape index (κ2) is 5.96. The first-order valence-corrected chi connectivity index (χ1v) is 6.78. The molecule has 2 N–H and O–H groups in total. The van der Waals surface area contributed by atoms with Crippen LogP contribution >= 0.6 is 0 Å². The van der Waals surface area contributed by atoms with Crippen molar-refractivity contribution in [1.82, 2.24) is 5.43 Å². The molecule has 0 spiro atoms. The smallest absolute Gasteiger partial charge is 0.271 e. The maximum Gasteiger partial charge on any atom is 0.271 e. The summed E-state index contributed by atoms with van der Waals surface area (Å²) in [5, 5.41) is 13.6. The molecule has 0 aromatic heterocycles. The van der Waals surface area contributed by atoms with Crippen LogP contribution in [-0.2, 0) is 0 Å². The van der Waals surface area contributed by atoms with E-state index >= 15 is 0 Å². The Hall–Kier alpha value is -3.09. The summed E-state index contributed by atoms with van der Waals surface area (Å²) in [7, 11) is 0. The third-order valence-corrected chi connectivity index (χ3v) is 3.31. The highest BCUT2D eigenvalue weighted by Gasteiger charge is 2.16. The molecule has 0 atom stereocenters. The van der Waals surface area contributed by atoms with E-state index in [2.05, 4.69) is 10.5 Å². The van der Waals surface area contributed by atoms with Crippen molar-refractivity contribution < 1.29 is 23.8 Å². The number of benzene rings is 2. The number of nitrogens with zero attached hydrogens (tertiary/aromatic N) is 1. The Morgan fingerprint density at radius 2 is 2.00 bits per heavy atom. The van der Waals surface area contributed by atoms with Gasteiger partial charge in [-0.1, -0.05) is 0 Å². The van der Waals surface area contributed by atoms with Crippen LogP contribution in [0, 0.1) is 5.82 Å². The van der Waals surface area contributed by atoms with Crippen LogP contribution in [0.15, 0.2) is 41.5 Å². The molecule has 3 rings (SSSR count). The van der Waals surface area contributed by atoms with Gasteiger partial charge >= 0.3 is 0 Å². The van der Waals surface area contributed by atoms with Crippen molar-refractivity contribution in [2.75, 3.05) is 6.79 Å². The molecule has 6 nitrogen and oxygen atoms in total. The van der Waals surface area contributed by atoms with Crippen LogP contribution in [0.3, 0.4) is 0 Å². The summed E-state index contributed by atoms with van der Waals surface area (Å²) in [6.07, 6.45) is 0. The summed E-state index contributed by atoms with van der Waals surface area (Å²) in [4.78, 5) is 12.1. The fourth-order valence-electron chi connectivity index (χ4n) is 2.10. The largest absolute Gasteiger partial charge is 0.507 e. The van der Waals surface area contributed by atoms with Crippen molar-refractivity contribution in [3.63, 3.8) is 0 Å². The van der Waals surface area contributed by atoms with Crippen molar-refractivity contribution in [3.8, 4) is 17.2 Å². The maximum atomic E-state index is 13.2. The lowest BCUT2D eigenvalue weighted by Gasteiger charge is -2.06. The molecule has 118 valence electrons. The number of hydrogen-bond donors (Lipinski definition) is 2. The number of carbonyl (C=O) groups excluding carboxylic acids is 1. The fraction of sp³-hybridized carbons (Fsp3) is 0.125. The van der Waals surface area contributed by atoms with Gasteiger partial charge in [0.25, 0.3) is 5.91 Å². The summed E-state index contributed by atoms with van der Waals surface area (Å²) in [5.74, 6) is -0.0231. The zero-order valence-corrected chi connectivity index (χ0v) is 12.2. The summed E-state index contributed by atoms with van der Waals surface area (Å²) >= 11 is 0. The SMILES string of the molecule is C/C(=N\NC(=O)c1ccc2c(c1)OCO2)c1cc(F)ccc1O. The first-order chi connectivity index (χ1) is 11.0. The predicted octanol–water partition coefficient (Wildman–Crippen LogP) is 2.41. The number of hydrogen-bond acceptors (Lipinski definition) is 5. The van der Waals surface area contributed by atoms with Gasteiger partial charge in [-0.3, -0.25) is 4.79 Å². The van der Waals surface area contributed by atoms with Crippen molar-refractivity contribution in [2.45, 2.75) is 6.92 Å². The van der Waals surface area contributed by atoms with Gasteiger partial charge in [0, 0.05) is 11.1 Å². The average Bonchev–Trinajstić information content (AvgIpc) is 3.02. The molecular formula is C16H13FN2O4. The van der Waals surface area contributed by atoms with Crippen LogP contribution in [0.1, 0.15) is 22.8 Å². The van der Waals surface area contributed by atoms with Crippen molar-refractivity contribution in [2.24, 2.45) is 5.10 Å². The molecule has 1 aliphatic heterocycles. The van der Waals surface area contributed by atoms with E-state index in [9.17, 15) is 14.3 Å². The first-order valence-electron chi connectivity index (χ1n) is 6.78. The number of nitrogens with one attached hydrogen (secondary N) is 1. The third-order valence-electron chi connectivity index (χ3n) is 3.31. The lowest BCUT2D eigenvalue weighted by molar-refractivity contribution is 0.0954. The lowest BCUT2D eigenvalue weighted by Crippen LogP contribution is -2.19. The molecule has 0 unspecified atom stereocenters. The zero-order valence-electron chi connectivity index (χ0n) is 12.2. The molecule has 1 amide bonds. The number of rotatable bonds is 3. The Labute approximate surface area is 131 Å². The van der Waals surface area contributed by atoms with Gasteiger partial charge in [0.2, 0.25) is 6.79 Å². The Balaban J connectivity index is 1.76. The minimum absolute atomic E-state index is 0.120. The molecule has 2 aromatic rings. The third kappa shape index (κ3) is 3.08. The van der Waals surface area contributed by atoms with E-state index in [4.69, 9.17) is 9.47 Å². The van der Waals surface area contributed by atoms with Crippen LogP contribution in [-0.4, -0.2) is 23.5 Å². The second-order valence-corrected chi connectivity index (χ2v) is 4.87. The van der Waals surface area contributed by atoms with Gasteiger partial charge in [-0.15, -0.1) is 0 Å². The number of hydrazone groups is 1. The lowest BCUT2D eigenvalue weighted by atomic mass is 10.1. The minimum atomic E-state index is -0.505. The van der Waals surface area contributed by atoms with E-state index in [-0.39, 0.29) is 23.8 Å². The quantitative estimate of drug-likeness (QED) is 0.673. The Morgan fingerprint density at radius 3 is 2.83 bits per heavy atom. The van der Waals surface area contributed by atoms with Crippen molar-refractivity contribution in [3.05, 3.63) is 53.3 Å². The molecule has 0 saturated heterocycles. The molecule has 23 heavy (non-hydrogen) atoms. The molecule has 1 aliphatic rings. The summed E-state index contributed by atoms with van der Waals surface area (Å²) in [6.45, 7) is 1.67. The van der Waals surface area contributed by atoms with Crippen LogP contribution in [0.5, 0.6) is 17.2 Å². The van der Waals surface area contributed by atoms with Crippen LogP contribution in [0.4, 0.5) is 4.39 Å². The molecule has 0 bridgehead atoms. The summed E-state index contributed by atoms with van der Waals surface area (Å²) in [5.41, 5.74) is 3.17. The highest BCUT2D eigenvalue weighted by molar-refractivity contribution is 6.02. The maximum absolute atomic E-state index is 13.2. The number of phenolic OH excluding ortho intramolecular Hbond substituents is 1. The number of ether oxygens (including phenoxy) is 2. The standard InChI is InChI=1S/C16H13FN2O4/c1-9(12-7-11(17)3-4-13(12)20)18-19-16(21)10-2-5-14-15(6-10)23-8-22-14/h2-7,20H,8H2,1H3,(H,19,21)/b18-9+. The van der Waals surface area contributed by atoms with E-state index in [0.717, 1.165) is 12.1 Å². The highest BCUT2D eigenvalue weighted by atomic mass is 19.1. The number of amides is 1. The zero-order chi connectivity index (χ0) is 16.4. The molecule has 2 aromatic carbocycles. The Morgan fingerprint density at radius 1 is 1.22 bits per heavy atom. The van der Waals surface area contributed by atoms with Gasteiger partial charge < -0.3 is 14.6 Å². The summed E-state index contributed by atoms with van der Waals surface area (Å²) < 4.78 is 23.6. The molecule has 0 fully saturated rings.